The Balaban J connectivity index is 2.19. The second-order valence-electron chi connectivity index (χ2n) is 4.93. The summed E-state index contributed by atoms with van der Waals surface area (Å²) in [6.45, 7) is 6.01. The van der Waals surface area contributed by atoms with Gasteiger partial charge in [0.1, 0.15) is 0 Å². The third kappa shape index (κ3) is 3.33. The molecule has 0 atom stereocenters. The first-order chi connectivity index (χ1) is 8.31. The molecule has 0 aliphatic heterocycles. The maximum atomic E-state index is 3.87. The van der Waals surface area contributed by atoms with Gasteiger partial charge in [-0.25, -0.2) is 0 Å². The number of allylic oxidation sites excluding steroid dienone is 9. The Bertz CT molecular complexity index is 413. The van der Waals surface area contributed by atoms with Gasteiger partial charge in [0.2, 0.25) is 0 Å². The SMILES string of the molecule is C=CC1=C/C(=C/C2=CC(=C/C)/CCC2)CCC1. The van der Waals surface area contributed by atoms with E-state index in [2.05, 4.69) is 37.8 Å². The van der Waals surface area contributed by atoms with Crippen molar-refractivity contribution in [1.29, 1.82) is 0 Å². The number of hydrogen-bond acceptors (Lipinski definition) is 0. The van der Waals surface area contributed by atoms with Gasteiger partial charge < -0.3 is 0 Å². The van der Waals surface area contributed by atoms with E-state index >= 15 is 0 Å². The van der Waals surface area contributed by atoms with E-state index in [1.165, 1.54) is 60.8 Å². The third-order valence-electron chi connectivity index (χ3n) is 3.61. The van der Waals surface area contributed by atoms with E-state index in [1.54, 1.807) is 0 Å². The summed E-state index contributed by atoms with van der Waals surface area (Å²) in [5.74, 6) is 0. The molecular formula is C17H22. The molecule has 17 heavy (non-hydrogen) atoms. The van der Waals surface area contributed by atoms with Crippen LogP contribution in [0.1, 0.15) is 45.4 Å². The molecule has 0 amide bonds. The fourth-order valence-electron chi connectivity index (χ4n) is 2.61. The molecule has 0 aromatic heterocycles. The van der Waals surface area contributed by atoms with Crippen LogP contribution in [0.2, 0.25) is 0 Å². The van der Waals surface area contributed by atoms with Crippen LogP contribution in [0.25, 0.3) is 0 Å². The summed E-state index contributed by atoms with van der Waals surface area (Å²) in [5.41, 5.74) is 5.87. The van der Waals surface area contributed by atoms with E-state index < -0.39 is 0 Å². The van der Waals surface area contributed by atoms with E-state index in [4.69, 9.17) is 0 Å². The zero-order valence-electron chi connectivity index (χ0n) is 10.8. The summed E-state index contributed by atoms with van der Waals surface area (Å²) in [7, 11) is 0. The highest BCUT2D eigenvalue weighted by atomic mass is 14.1. The first-order valence-corrected chi connectivity index (χ1v) is 6.71. The highest BCUT2D eigenvalue weighted by Crippen LogP contribution is 2.28. The molecule has 0 saturated heterocycles. The van der Waals surface area contributed by atoms with Crippen molar-refractivity contribution in [2.75, 3.05) is 0 Å². The minimum atomic E-state index is 1.19. The summed E-state index contributed by atoms with van der Waals surface area (Å²) >= 11 is 0. The molecule has 0 N–H and O–H groups in total. The molecular weight excluding hydrogens is 204 g/mol. The van der Waals surface area contributed by atoms with Crippen molar-refractivity contribution in [3.63, 3.8) is 0 Å². The second kappa shape index (κ2) is 5.86. The topological polar surface area (TPSA) is 0 Å². The maximum absolute atomic E-state index is 3.87. The lowest BCUT2D eigenvalue weighted by atomic mass is 9.90. The molecule has 0 saturated carbocycles. The molecule has 0 heterocycles. The van der Waals surface area contributed by atoms with Crippen LogP contribution in [-0.2, 0) is 0 Å². The monoisotopic (exact) mass is 226 g/mol. The van der Waals surface area contributed by atoms with Gasteiger partial charge in [0.15, 0.2) is 0 Å². The Hall–Kier alpha value is -1.30. The van der Waals surface area contributed by atoms with E-state index in [0.717, 1.165) is 0 Å². The Morgan fingerprint density at radius 3 is 2.29 bits per heavy atom. The number of rotatable bonds is 2. The van der Waals surface area contributed by atoms with E-state index in [1.807, 2.05) is 6.08 Å². The Morgan fingerprint density at radius 2 is 1.59 bits per heavy atom. The molecule has 0 nitrogen and oxygen atoms in total. The summed E-state index contributed by atoms with van der Waals surface area (Å²) < 4.78 is 0. The van der Waals surface area contributed by atoms with Crippen LogP contribution in [0, 0.1) is 0 Å². The zero-order valence-corrected chi connectivity index (χ0v) is 10.8. The highest BCUT2D eigenvalue weighted by Gasteiger charge is 2.08. The molecule has 2 rings (SSSR count). The lowest BCUT2D eigenvalue weighted by Gasteiger charge is -2.16. The third-order valence-corrected chi connectivity index (χ3v) is 3.61. The zero-order chi connectivity index (χ0) is 12.1. The van der Waals surface area contributed by atoms with Crippen molar-refractivity contribution in [3.05, 3.63) is 59.3 Å². The summed E-state index contributed by atoms with van der Waals surface area (Å²) in [4.78, 5) is 0. The number of hydrogen-bond donors (Lipinski definition) is 0. The van der Waals surface area contributed by atoms with Crippen LogP contribution >= 0.6 is 0 Å². The van der Waals surface area contributed by atoms with Gasteiger partial charge in [-0.15, -0.1) is 0 Å². The van der Waals surface area contributed by atoms with Crippen molar-refractivity contribution >= 4 is 0 Å². The molecule has 2 aliphatic carbocycles. The quantitative estimate of drug-likeness (QED) is 0.602. The van der Waals surface area contributed by atoms with Crippen molar-refractivity contribution < 1.29 is 0 Å². The van der Waals surface area contributed by atoms with Crippen molar-refractivity contribution in [2.45, 2.75) is 45.4 Å². The fraction of sp³-hybridized carbons (Fsp3) is 0.412. The van der Waals surface area contributed by atoms with Gasteiger partial charge in [-0.3, -0.25) is 0 Å². The Morgan fingerprint density at radius 1 is 0.941 bits per heavy atom. The van der Waals surface area contributed by atoms with E-state index in [0.29, 0.717) is 0 Å². The molecule has 0 unspecified atom stereocenters. The predicted octanol–water partition coefficient (Wildman–Crippen LogP) is 5.27. The molecule has 0 aromatic carbocycles. The van der Waals surface area contributed by atoms with Gasteiger partial charge in [0.25, 0.3) is 0 Å². The first kappa shape index (κ1) is 12.2. The average molecular weight is 226 g/mol. The molecule has 0 aromatic rings. The lowest BCUT2D eigenvalue weighted by Crippen LogP contribution is -1.96. The van der Waals surface area contributed by atoms with Gasteiger partial charge in [0.05, 0.1) is 0 Å². The average Bonchev–Trinajstić information content (AvgIpc) is 2.39. The van der Waals surface area contributed by atoms with Gasteiger partial charge in [-0.1, -0.05) is 42.5 Å². The smallest absolute Gasteiger partial charge is 0.0276 e. The summed E-state index contributed by atoms with van der Waals surface area (Å²) in [6.07, 6.45) is 18.8. The largest absolute Gasteiger partial charge is 0.0988 e. The van der Waals surface area contributed by atoms with E-state index in [9.17, 15) is 0 Å². The predicted molar refractivity (Wildman–Crippen MR) is 75.9 cm³/mol. The molecule has 0 bridgehead atoms. The normalized spacial score (nSPS) is 25.7. The lowest BCUT2D eigenvalue weighted by molar-refractivity contribution is 0.780. The van der Waals surface area contributed by atoms with Crippen LogP contribution in [0.15, 0.2) is 59.3 Å². The summed E-state index contributed by atoms with van der Waals surface area (Å²) in [6, 6.07) is 0. The minimum Gasteiger partial charge on any atom is -0.0988 e. The van der Waals surface area contributed by atoms with Crippen molar-refractivity contribution in [3.8, 4) is 0 Å². The van der Waals surface area contributed by atoms with Gasteiger partial charge in [0, 0.05) is 0 Å². The summed E-state index contributed by atoms with van der Waals surface area (Å²) in [5, 5.41) is 0. The minimum absolute atomic E-state index is 1.19. The van der Waals surface area contributed by atoms with Crippen LogP contribution < -0.4 is 0 Å². The standard InChI is InChI=1S/C17H22/c1-3-14-7-5-9-16(11-14)13-17-10-6-8-15(4-2)12-17/h3-4,11-13H,1,5-10H2,2H3/b15-4+,16-13+. The van der Waals surface area contributed by atoms with Crippen molar-refractivity contribution in [1.82, 2.24) is 0 Å². The molecule has 0 radical (unpaired) electrons. The second-order valence-corrected chi connectivity index (χ2v) is 4.93. The highest BCUT2D eigenvalue weighted by molar-refractivity contribution is 5.40. The fourth-order valence-corrected chi connectivity index (χ4v) is 2.61. The molecule has 90 valence electrons. The maximum Gasteiger partial charge on any atom is -0.0276 e. The van der Waals surface area contributed by atoms with Gasteiger partial charge in [-0.2, -0.15) is 0 Å². The van der Waals surface area contributed by atoms with Gasteiger partial charge >= 0.3 is 0 Å². The Labute approximate surface area is 105 Å². The van der Waals surface area contributed by atoms with Crippen LogP contribution in [-0.4, -0.2) is 0 Å². The van der Waals surface area contributed by atoms with Crippen LogP contribution in [0.3, 0.4) is 0 Å². The molecule has 0 fully saturated rings. The first-order valence-electron chi connectivity index (χ1n) is 6.71. The van der Waals surface area contributed by atoms with E-state index in [-0.39, 0.29) is 0 Å². The van der Waals surface area contributed by atoms with Gasteiger partial charge in [-0.05, 0) is 62.2 Å². The van der Waals surface area contributed by atoms with Crippen LogP contribution in [0.5, 0.6) is 0 Å². The van der Waals surface area contributed by atoms with Crippen LogP contribution in [0.4, 0.5) is 0 Å². The Kier molecular flexibility index (Phi) is 4.19. The molecule has 0 heteroatoms. The molecule has 2 aliphatic rings. The van der Waals surface area contributed by atoms with Crippen molar-refractivity contribution in [2.24, 2.45) is 0 Å². The molecule has 0 spiro atoms.